The Hall–Kier alpha value is -1.86. The van der Waals surface area contributed by atoms with Gasteiger partial charge in [0, 0.05) is 32.4 Å². The Bertz CT molecular complexity index is 435. The molecule has 0 atom stereocenters. The molecule has 1 aliphatic rings. The van der Waals surface area contributed by atoms with Crippen LogP contribution >= 0.6 is 0 Å². The second kappa shape index (κ2) is 7.66. The zero-order valence-corrected chi connectivity index (χ0v) is 11.6. The van der Waals surface area contributed by atoms with E-state index in [4.69, 9.17) is 9.47 Å². The van der Waals surface area contributed by atoms with Crippen LogP contribution in [0.25, 0.3) is 0 Å². The predicted octanol–water partition coefficient (Wildman–Crippen LogP) is 0.544. The van der Waals surface area contributed by atoms with E-state index in [-0.39, 0.29) is 6.03 Å². The standard InChI is InChI=1S/C13H20N4O3/c1-19-12-11(3-2-4-14-12)16-13(18)15-5-6-17-7-9-20-10-8-17/h2-4H,5-10H2,1H3,(H2,15,16,18). The summed E-state index contributed by atoms with van der Waals surface area (Å²) < 4.78 is 10.3. The van der Waals surface area contributed by atoms with Crippen molar-refractivity contribution >= 4 is 11.7 Å². The minimum absolute atomic E-state index is 0.260. The van der Waals surface area contributed by atoms with Crippen molar-refractivity contribution in [1.29, 1.82) is 0 Å². The molecule has 0 aliphatic carbocycles. The van der Waals surface area contributed by atoms with E-state index in [0.29, 0.717) is 18.1 Å². The number of nitrogens with zero attached hydrogens (tertiary/aromatic N) is 2. The molecule has 7 nitrogen and oxygen atoms in total. The lowest BCUT2D eigenvalue weighted by atomic mass is 10.4. The van der Waals surface area contributed by atoms with E-state index < -0.39 is 0 Å². The van der Waals surface area contributed by atoms with Gasteiger partial charge in [-0.25, -0.2) is 9.78 Å². The van der Waals surface area contributed by atoms with Crippen LogP contribution in [0.5, 0.6) is 5.88 Å². The summed E-state index contributed by atoms with van der Waals surface area (Å²) >= 11 is 0. The van der Waals surface area contributed by atoms with E-state index in [1.165, 1.54) is 7.11 Å². The summed E-state index contributed by atoms with van der Waals surface area (Å²) in [7, 11) is 1.52. The van der Waals surface area contributed by atoms with E-state index in [2.05, 4.69) is 20.5 Å². The monoisotopic (exact) mass is 280 g/mol. The molecular formula is C13H20N4O3. The molecule has 20 heavy (non-hydrogen) atoms. The number of hydrogen-bond acceptors (Lipinski definition) is 5. The number of anilines is 1. The van der Waals surface area contributed by atoms with Crippen molar-refractivity contribution in [3.63, 3.8) is 0 Å². The van der Waals surface area contributed by atoms with Gasteiger partial charge in [-0.2, -0.15) is 0 Å². The number of amides is 2. The van der Waals surface area contributed by atoms with Crippen LogP contribution in [-0.4, -0.2) is 62.4 Å². The van der Waals surface area contributed by atoms with Gasteiger partial charge in [-0.05, 0) is 12.1 Å². The molecule has 1 fully saturated rings. The molecule has 1 aromatic heterocycles. The fourth-order valence-electron chi connectivity index (χ4n) is 1.97. The summed E-state index contributed by atoms with van der Waals surface area (Å²) in [5, 5.41) is 5.53. The van der Waals surface area contributed by atoms with Crippen LogP contribution < -0.4 is 15.4 Å². The van der Waals surface area contributed by atoms with Gasteiger partial charge >= 0.3 is 6.03 Å². The number of methoxy groups -OCH3 is 1. The summed E-state index contributed by atoms with van der Waals surface area (Å²) in [6.45, 7) is 4.77. The number of morpholine rings is 1. The summed E-state index contributed by atoms with van der Waals surface area (Å²) in [5.41, 5.74) is 0.555. The van der Waals surface area contributed by atoms with Crippen LogP contribution in [0.3, 0.4) is 0 Å². The van der Waals surface area contributed by atoms with Crippen LogP contribution in [-0.2, 0) is 4.74 Å². The quantitative estimate of drug-likeness (QED) is 0.823. The second-order valence-electron chi connectivity index (χ2n) is 4.40. The summed E-state index contributed by atoms with van der Waals surface area (Å²) in [6, 6.07) is 3.23. The molecule has 2 rings (SSSR count). The average Bonchev–Trinajstić information content (AvgIpc) is 2.49. The first-order chi connectivity index (χ1) is 9.79. The number of carbonyl (C=O) groups is 1. The number of rotatable bonds is 5. The van der Waals surface area contributed by atoms with Gasteiger partial charge in [0.15, 0.2) is 0 Å². The third-order valence-electron chi connectivity index (χ3n) is 3.03. The predicted molar refractivity (Wildman–Crippen MR) is 75.1 cm³/mol. The fourth-order valence-corrected chi connectivity index (χ4v) is 1.97. The van der Waals surface area contributed by atoms with Gasteiger partial charge in [-0.15, -0.1) is 0 Å². The second-order valence-corrected chi connectivity index (χ2v) is 4.40. The lowest BCUT2D eigenvalue weighted by Gasteiger charge is -2.26. The average molecular weight is 280 g/mol. The van der Waals surface area contributed by atoms with Crippen LogP contribution in [0.2, 0.25) is 0 Å². The molecule has 0 spiro atoms. The molecular weight excluding hydrogens is 260 g/mol. The zero-order valence-electron chi connectivity index (χ0n) is 11.6. The van der Waals surface area contributed by atoms with E-state index in [0.717, 1.165) is 32.8 Å². The molecule has 1 aliphatic heterocycles. The number of hydrogen-bond donors (Lipinski definition) is 2. The Morgan fingerprint density at radius 3 is 3.05 bits per heavy atom. The maximum atomic E-state index is 11.8. The molecule has 2 heterocycles. The highest BCUT2D eigenvalue weighted by molar-refractivity contribution is 5.90. The number of pyridine rings is 1. The lowest BCUT2D eigenvalue weighted by Crippen LogP contribution is -2.42. The maximum absolute atomic E-state index is 11.8. The zero-order chi connectivity index (χ0) is 14.2. The smallest absolute Gasteiger partial charge is 0.319 e. The van der Waals surface area contributed by atoms with Crippen LogP contribution in [0.4, 0.5) is 10.5 Å². The van der Waals surface area contributed by atoms with Gasteiger partial charge in [0.1, 0.15) is 5.69 Å². The number of ether oxygens (including phenoxy) is 2. The van der Waals surface area contributed by atoms with Crippen molar-refractivity contribution in [1.82, 2.24) is 15.2 Å². The van der Waals surface area contributed by atoms with E-state index >= 15 is 0 Å². The summed E-state index contributed by atoms with van der Waals surface area (Å²) in [6.07, 6.45) is 1.61. The van der Waals surface area contributed by atoms with Crippen molar-refractivity contribution < 1.29 is 14.3 Å². The van der Waals surface area contributed by atoms with Crippen LogP contribution in [0.15, 0.2) is 18.3 Å². The molecule has 0 bridgehead atoms. The Kier molecular flexibility index (Phi) is 5.57. The Morgan fingerprint density at radius 1 is 1.50 bits per heavy atom. The highest BCUT2D eigenvalue weighted by atomic mass is 16.5. The lowest BCUT2D eigenvalue weighted by molar-refractivity contribution is 0.0388. The fraction of sp³-hybridized carbons (Fsp3) is 0.538. The van der Waals surface area contributed by atoms with Crippen molar-refractivity contribution in [3.05, 3.63) is 18.3 Å². The van der Waals surface area contributed by atoms with Gasteiger partial charge in [-0.3, -0.25) is 4.90 Å². The molecule has 0 saturated carbocycles. The van der Waals surface area contributed by atoms with E-state index in [1.807, 2.05) is 0 Å². The Morgan fingerprint density at radius 2 is 2.30 bits per heavy atom. The number of nitrogens with one attached hydrogen (secondary N) is 2. The first kappa shape index (κ1) is 14.5. The highest BCUT2D eigenvalue weighted by Crippen LogP contribution is 2.19. The molecule has 0 aromatic carbocycles. The van der Waals surface area contributed by atoms with Gasteiger partial charge < -0.3 is 20.1 Å². The van der Waals surface area contributed by atoms with Gasteiger partial charge in [-0.1, -0.05) is 0 Å². The minimum atomic E-state index is -0.260. The summed E-state index contributed by atoms with van der Waals surface area (Å²) in [4.78, 5) is 18.0. The van der Waals surface area contributed by atoms with Gasteiger partial charge in [0.2, 0.25) is 5.88 Å². The molecule has 1 aromatic rings. The molecule has 7 heteroatoms. The third kappa shape index (κ3) is 4.36. The minimum Gasteiger partial charge on any atom is -0.480 e. The third-order valence-corrected chi connectivity index (χ3v) is 3.03. The van der Waals surface area contributed by atoms with E-state index in [9.17, 15) is 4.79 Å². The highest BCUT2D eigenvalue weighted by Gasteiger charge is 2.11. The molecule has 0 unspecified atom stereocenters. The molecule has 2 N–H and O–H groups in total. The number of aromatic nitrogens is 1. The van der Waals surface area contributed by atoms with E-state index in [1.54, 1.807) is 18.3 Å². The maximum Gasteiger partial charge on any atom is 0.319 e. The number of carbonyl (C=O) groups excluding carboxylic acids is 1. The van der Waals surface area contributed by atoms with Gasteiger partial charge in [0.05, 0.1) is 20.3 Å². The largest absolute Gasteiger partial charge is 0.480 e. The molecule has 0 radical (unpaired) electrons. The van der Waals surface area contributed by atoms with Crippen molar-refractivity contribution in [2.45, 2.75) is 0 Å². The molecule has 1 saturated heterocycles. The first-order valence-corrected chi connectivity index (χ1v) is 6.63. The van der Waals surface area contributed by atoms with Crippen LogP contribution in [0.1, 0.15) is 0 Å². The molecule has 2 amide bonds. The van der Waals surface area contributed by atoms with Crippen molar-refractivity contribution in [3.8, 4) is 5.88 Å². The Balaban J connectivity index is 1.72. The van der Waals surface area contributed by atoms with Crippen molar-refractivity contribution in [2.24, 2.45) is 0 Å². The molecule has 110 valence electrons. The van der Waals surface area contributed by atoms with Crippen molar-refractivity contribution in [2.75, 3.05) is 51.8 Å². The normalized spacial score (nSPS) is 15.7. The topological polar surface area (TPSA) is 75.7 Å². The summed E-state index contributed by atoms with van der Waals surface area (Å²) in [5.74, 6) is 0.399. The first-order valence-electron chi connectivity index (χ1n) is 6.63. The van der Waals surface area contributed by atoms with Gasteiger partial charge in [0.25, 0.3) is 0 Å². The Labute approximate surface area is 118 Å². The van der Waals surface area contributed by atoms with Crippen LogP contribution in [0, 0.1) is 0 Å². The SMILES string of the molecule is COc1ncccc1NC(=O)NCCN1CCOCC1. The number of urea groups is 1.